The van der Waals surface area contributed by atoms with Gasteiger partial charge in [0, 0.05) is 24.0 Å². The van der Waals surface area contributed by atoms with Crippen LogP contribution in [-0.2, 0) is 0 Å². The van der Waals surface area contributed by atoms with Crippen LogP contribution in [-0.4, -0.2) is 35.6 Å². The summed E-state index contributed by atoms with van der Waals surface area (Å²) in [6.07, 6.45) is 7.22. The van der Waals surface area contributed by atoms with E-state index in [9.17, 15) is 40.2 Å². The number of phenolic OH excluding ortho intramolecular Hbond substituents is 4. The quantitative estimate of drug-likeness (QED) is 0.135. The molecule has 0 saturated heterocycles. The molecule has 0 unspecified atom stereocenters. The minimum absolute atomic E-state index is 0.0453. The summed E-state index contributed by atoms with van der Waals surface area (Å²) in [6.45, 7) is 0. The molecule has 0 bridgehead atoms. The predicted octanol–water partition coefficient (Wildman–Crippen LogP) is 4.68. The maximum absolute atomic E-state index is 13.2. The van der Waals surface area contributed by atoms with Crippen LogP contribution in [0.25, 0.3) is 24.3 Å². The molecule has 42 heavy (non-hydrogen) atoms. The van der Waals surface area contributed by atoms with Gasteiger partial charge < -0.3 is 44.5 Å². The van der Waals surface area contributed by atoms with Crippen LogP contribution < -0.4 is 11.3 Å². The number of H-pyrrole nitrogens is 1. The Morgan fingerprint density at radius 1 is 0.571 bits per heavy atom. The Bertz CT molecular complexity index is 1820. The number of benzene rings is 2. The van der Waals surface area contributed by atoms with Crippen LogP contribution in [0, 0.1) is 0 Å². The number of hydrogen-bond donors (Lipinski definition) is 7. The summed E-state index contributed by atoms with van der Waals surface area (Å²) in [6, 6.07) is 13.6. The fourth-order valence-electron chi connectivity index (χ4n) is 4.34. The average molecular weight is 570 g/mol. The molecule has 0 radical (unpaired) electrons. The van der Waals surface area contributed by atoms with E-state index >= 15 is 0 Å². The molecule has 0 aliphatic heterocycles. The van der Waals surface area contributed by atoms with Gasteiger partial charge in [-0.05, 0) is 59.7 Å². The largest absolute Gasteiger partial charge is 0.507 e. The van der Waals surface area contributed by atoms with E-state index in [0.717, 1.165) is 12.1 Å². The lowest BCUT2D eigenvalue weighted by molar-refractivity contribution is 0.403. The molecule has 0 saturated carbocycles. The Morgan fingerprint density at radius 3 is 1.43 bits per heavy atom. The van der Waals surface area contributed by atoms with Gasteiger partial charge in [-0.2, -0.15) is 0 Å². The van der Waals surface area contributed by atoms with Crippen molar-refractivity contribution in [3.8, 4) is 34.5 Å². The van der Waals surface area contributed by atoms with Crippen molar-refractivity contribution < 1.29 is 39.5 Å². The third kappa shape index (κ3) is 5.61. The minimum atomic E-state index is -1.30. The van der Waals surface area contributed by atoms with E-state index < -0.39 is 28.7 Å². The average Bonchev–Trinajstić information content (AvgIpc) is 3.47. The molecule has 0 aliphatic carbocycles. The zero-order valence-corrected chi connectivity index (χ0v) is 21.6. The molecule has 5 aromatic rings. The number of aromatic hydroxyl groups is 6. The molecule has 7 N–H and O–H groups in total. The highest BCUT2D eigenvalue weighted by atomic mass is 16.4. The Labute approximate surface area is 236 Å². The van der Waals surface area contributed by atoms with Gasteiger partial charge >= 0.3 is 11.3 Å². The minimum Gasteiger partial charge on any atom is -0.507 e. The predicted molar refractivity (Wildman–Crippen MR) is 152 cm³/mol. The molecule has 0 fully saturated rings. The van der Waals surface area contributed by atoms with Gasteiger partial charge in [0.2, 0.25) is 0 Å². The van der Waals surface area contributed by atoms with Gasteiger partial charge in [-0.15, -0.1) is 0 Å². The van der Waals surface area contributed by atoms with Crippen molar-refractivity contribution in [2.24, 2.45) is 0 Å². The Kier molecular flexibility index (Phi) is 7.31. The number of aromatic nitrogens is 1. The Balaban J connectivity index is 1.53. The fraction of sp³-hybridized carbons (Fsp3) is 0.0323. The highest BCUT2D eigenvalue weighted by Gasteiger charge is 2.31. The second-order valence-corrected chi connectivity index (χ2v) is 9.19. The highest BCUT2D eigenvalue weighted by Crippen LogP contribution is 2.37. The smallest absolute Gasteiger partial charge is 0.344 e. The van der Waals surface area contributed by atoms with Crippen molar-refractivity contribution >= 4 is 24.3 Å². The molecule has 0 spiro atoms. The summed E-state index contributed by atoms with van der Waals surface area (Å²) >= 11 is 0. The van der Waals surface area contributed by atoms with E-state index in [1.165, 1.54) is 66.9 Å². The highest BCUT2D eigenvalue weighted by molar-refractivity contribution is 5.71. The second kappa shape index (κ2) is 11.2. The zero-order chi connectivity index (χ0) is 30.0. The van der Waals surface area contributed by atoms with Crippen molar-refractivity contribution in [1.82, 2.24) is 4.98 Å². The first kappa shape index (κ1) is 27.5. The van der Waals surface area contributed by atoms with Crippen molar-refractivity contribution in [2.75, 3.05) is 0 Å². The first-order valence-corrected chi connectivity index (χ1v) is 12.4. The summed E-state index contributed by atoms with van der Waals surface area (Å²) < 4.78 is 10.8. The van der Waals surface area contributed by atoms with Crippen LogP contribution in [0.2, 0.25) is 0 Å². The van der Waals surface area contributed by atoms with Crippen LogP contribution in [0.15, 0.2) is 85.3 Å². The van der Waals surface area contributed by atoms with E-state index in [2.05, 4.69) is 4.98 Å². The molecule has 3 aromatic heterocycles. The number of phenols is 4. The number of rotatable bonds is 7. The van der Waals surface area contributed by atoms with Gasteiger partial charge in [0.25, 0.3) is 0 Å². The van der Waals surface area contributed by atoms with Crippen LogP contribution in [0.1, 0.15) is 45.4 Å². The zero-order valence-electron chi connectivity index (χ0n) is 21.6. The first-order valence-electron chi connectivity index (χ1n) is 12.4. The molecule has 3 heterocycles. The Hall–Kier alpha value is -6.10. The standard InChI is InChI=1S/C31H23NO10/c33-21-9-5-16(12-23(21)35)3-7-18-14-25(37)28(30(39)41-18)27(20-2-1-11-32-20)29-26(38)15-19(42-31(29)40)8-4-17-6-10-22(34)24(36)13-17/h1-15,27,32-38H/b7-3+,8-4+. The van der Waals surface area contributed by atoms with Crippen molar-refractivity contribution in [3.63, 3.8) is 0 Å². The van der Waals surface area contributed by atoms with Gasteiger partial charge in [-0.25, -0.2) is 9.59 Å². The third-order valence-corrected chi connectivity index (χ3v) is 6.36. The lowest BCUT2D eigenvalue weighted by Gasteiger charge is -2.17. The maximum atomic E-state index is 13.2. The van der Waals surface area contributed by atoms with E-state index in [1.807, 2.05) is 0 Å². The normalized spacial score (nSPS) is 11.6. The molecule has 11 nitrogen and oxygen atoms in total. The second-order valence-electron chi connectivity index (χ2n) is 9.19. The molecular weight excluding hydrogens is 546 g/mol. The molecule has 0 atom stereocenters. The summed E-state index contributed by atoms with van der Waals surface area (Å²) in [5.74, 6) is -3.71. The molecular formula is C31H23NO10. The number of aromatic amines is 1. The lowest BCUT2D eigenvalue weighted by Crippen LogP contribution is -2.21. The Morgan fingerprint density at radius 2 is 1.05 bits per heavy atom. The number of nitrogens with one attached hydrogen (secondary N) is 1. The van der Waals surface area contributed by atoms with Crippen LogP contribution >= 0.6 is 0 Å². The monoisotopic (exact) mass is 569 g/mol. The van der Waals surface area contributed by atoms with Crippen LogP contribution in [0.4, 0.5) is 0 Å². The van der Waals surface area contributed by atoms with Crippen molar-refractivity contribution in [2.45, 2.75) is 5.92 Å². The molecule has 5 rings (SSSR count). The lowest BCUT2D eigenvalue weighted by atomic mass is 9.89. The van der Waals surface area contributed by atoms with Crippen LogP contribution in [0.3, 0.4) is 0 Å². The molecule has 11 heteroatoms. The summed E-state index contributed by atoms with van der Waals surface area (Å²) in [4.78, 5) is 29.2. The van der Waals surface area contributed by atoms with Gasteiger partial charge in [0.15, 0.2) is 23.0 Å². The SMILES string of the molecule is O=c1oc(/C=C/c2ccc(O)c(O)c2)cc(O)c1C(c1ccc[nH]1)c1c(O)cc(/C=C/c2ccc(O)c(O)c2)oc1=O. The molecule has 212 valence electrons. The van der Waals surface area contributed by atoms with Crippen molar-refractivity contribution in [3.05, 3.63) is 127 Å². The first-order chi connectivity index (χ1) is 20.1. The molecule has 0 aliphatic rings. The molecule has 0 amide bonds. The van der Waals surface area contributed by atoms with Gasteiger partial charge in [0.1, 0.15) is 23.0 Å². The maximum Gasteiger partial charge on any atom is 0.344 e. The van der Waals surface area contributed by atoms with Gasteiger partial charge in [-0.1, -0.05) is 24.3 Å². The summed E-state index contributed by atoms with van der Waals surface area (Å²) in [5, 5.41) is 60.1. The third-order valence-electron chi connectivity index (χ3n) is 6.36. The van der Waals surface area contributed by atoms with E-state index in [0.29, 0.717) is 11.1 Å². The van der Waals surface area contributed by atoms with E-state index in [4.69, 9.17) is 8.83 Å². The van der Waals surface area contributed by atoms with Crippen molar-refractivity contribution in [1.29, 1.82) is 0 Å². The van der Waals surface area contributed by atoms with Gasteiger partial charge in [0.05, 0.1) is 17.0 Å². The fourth-order valence-corrected chi connectivity index (χ4v) is 4.34. The van der Waals surface area contributed by atoms with Gasteiger partial charge in [-0.3, -0.25) is 0 Å². The summed E-state index contributed by atoms with van der Waals surface area (Å²) in [7, 11) is 0. The van der Waals surface area contributed by atoms with Crippen LogP contribution in [0.5, 0.6) is 34.5 Å². The van der Waals surface area contributed by atoms with E-state index in [-0.39, 0.29) is 51.3 Å². The number of hydrogen-bond acceptors (Lipinski definition) is 10. The topological polar surface area (TPSA) is 198 Å². The molecule has 2 aromatic carbocycles. The summed E-state index contributed by atoms with van der Waals surface area (Å²) in [5.41, 5.74) is -1.41. The van der Waals surface area contributed by atoms with E-state index in [1.54, 1.807) is 12.1 Å².